The third-order valence-corrected chi connectivity index (χ3v) is 16.3. The molecule has 0 aliphatic heterocycles. The lowest BCUT2D eigenvalue weighted by Crippen LogP contribution is -2.17. The first kappa shape index (κ1) is 41.2. The van der Waals surface area contributed by atoms with E-state index >= 15 is 0 Å². The highest BCUT2D eigenvalue weighted by Gasteiger charge is 2.38. The second kappa shape index (κ2) is 15.8. The summed E-state index contributed by atoms with van der Waals surface area (Å²) < 4.78 is 2.50. The Morgan fingerprint density at radius 3 is 1.41 bits per heavy atom. The van der Waals surface area contributed by atoms with Crippen LogP contribution in [0, 0.1) is 0 Å². The molecule has 0 N–H and O–H groups in total. The number of hydrogen-bond acceptors (Lipinski definition) is 3. The smallest absolute Gasteiger partial charge is 0.0640 e. The Balaban J connectivity index is 1.01. The van der Waals surface area contributed by atoms with E-state index in [1.54, 1.807) is 0 Å². The van der Waals surface area contributed by atoms with Crippen LogP contribution in [0.15, 0.2) is 231 Å². The molecule has 1 aromatic heterocycles. The summed E-state index contributed by atoms with van der Waals surface area (Å²) in [6.07, 6.45) is 0. The van der Waals surface area contributed by atoms with Crippen molar-refractivity contribution in [2.45, 2.75) is 38.5 Å². The van der Waals surface area contributed by atoms with Gasteiger partial charge in [-0.25, -0.2) is 0 Å². The van der Waals surface area contributed by atoms with Gasteiger partial charge in [0.25, 0.3) is 0 Å². The highest BCUT2D eigenvalue weighted by molar-refractivity contribution is 7.26. The summed E-state index contributed by atoms with van der Waals surface area (Å²) in [5.74, 6) is 0. The summed E-state index contributed by atoms with van der Waals surface area (Å²) in [5, 5.41) is 2.48. The highest BCUT2D eigenvalue weighted by Crippen LogP contribution is 2.55. The zero-order chi connectivity index (χ0) is 46.4. The lowest BCUT2D eigenvalue weighted by molar-refractivity contribution is 0.660. The summed E-state index contributed by atoms with van der Waals surface area (Å²) in [6, 6.07) is 85.5. The molecule has 0 saturated heterocycles. The van der Waals surface area contributed by atoms with Crippen molar-refractivity contribution in [3.05, 3.63) is 253 Å². The fourth-order valence-corrected chi connectivity index (χ4v) is 12.8. The van der Waals surface area contributed by atoms with Crippen molar-refractivity contribution in [3.8, 4) is 44.5 Å². The van der Waals surface area contributed by atoms with Crippen LogP contribution in [0.3, 0.4) is 0 Å². The summed E-state index contributed by atoms with van der Waals surface area (Å²) in [4.78, 5) is 4.98. The van der Waals surface area contributed by atoms with E-state index in [9.17, 15) is 0 Å². The molecule has 69 heavy (non-hydrogen) atoms. The molecule has 0 radical (unpaired) electrons. The molecule has 0 fully saturated rings. The molecule has 0 unspecified atom stereocenters. The van der Waals surface area contributed by atoms with Crippen molar-refractivity contribution >= 4 is 65.6 Å². The number of hydrogen-bond donors (Lipinski definition) is 0. The van der Waals surface area contributed by atoms with Gasteiger partial charge in [-0.1, -0.05) is 191 Å². The van der Waals surface area contributed by atoms with Crippen LogP contribution in [0.2, 0.25) is 0 Å². The van der Waals surface area contributed by atoms with Crippen LogP contribution in [0.25, 0.3) is 64.7 Å². The zero-order valence-electron chi connectivity index (χ0n) is 39.2. The van der Waals surface area contributed by atoms with E-state index in [0.717, 1.165) is 28.4 Å². The van der Waals surface area contributed by atoms with Gasteiger partial charge in [0.1, 0.15) is 0 Å². The van der Waals surface area contributed by atoms with Crippen LogP contribution in [-0.4, -0.2) is 0 Å². The molecular weight excluding hydrogens is 853 g/mol. The molecule has 0 atom stereocenters. The van der Waals surface area contributed by atoms with E-state index in [1.165, 1.54) is 92.6 Å². The van der Waals surface area contributed by atoms with E-state index in [0.29, 0.717) is 0 Å². The topological polar surface area (TPSA) is 6.48 Å². The average Bonchev–Trinajstić information content (AvgIpc) is 3.98. The number of fused-ring (bicyclic) bond motifs is 9. The van der Waals surface area contributed by atoms with Gasteiger partial charge in [-0.3, -0.25) is 0 Å². The van der Waals surface area contributed by atoms with E-state index in [4.69, 9.17) is 0 Å². The molecule has 2 nitrogen and oxygen atoms in total. The summed E-state index contributed by atoms with van der Waals surface area (Å²) in [5.41, 5.74) is 22.2. The summed E-state index contributed by atoms with van der Waals surface area (Å²) in [7, 11) is 0. The molecule has 0 saturated carbocycles. The van der Waals surface area contributed by atoms with Crippen LogP contribution in [0.5, 0.6) is 0 Å². The maximum atomic E-state index is 2.54. The average molecular weight is 903 g/mol. The number of rotatable bonds is 8. The maximum absolute atomic E-state index is 2.54. The van der Waals surface area contributed by atoms with Crippen LogP contribution >= 0.6 is 11.3 Å². The Morgan fingerprint density at radius 2 is 0.768 bits per heavy atom. The molecular formula is C66H50N2S. The quantitative estimate of drug-likeness (QED) is 0.150. The van der Waals surface area contributed by atoms with Crippen molar-refractivity contribution in [2.24, 2.45) is 0 Å². The Hall–Kier alpha value is -7.98. The van der Waals surface area contributed by atoms with Gasteiger partial charge in [0.2, 0.25) is 0 Å². The minimum atomic E-state index is -0.144. The van der Waals surface area contributed by atoms with Gasteiger partial charge < -0.3 is 9.80 Å². The van der Waals surface area contributed by atoms with Crippen molar-refractivity contribution in [2.75, 3.05) is 9.80 Å². The molecule has 330 valence electrons. The van der Waals surface area contributed by atoms with E-state index in [2.05, 4.69) is 268 Å². The van der Waals surface area contributed by atoms with Crippen molar-refractivity contribution in [1.82, 2.24) is 0 Å². The van der Waals surface area contributed by atoms with E-state index < -0.39 is 0 Å². The largest absolute Gasteiger partial charge is 0.310 e. The maximum Gasteiger partial charge on any atom is 0.0640 e. The van der Waals surface area contributed by atoms with Crippen molar-refractivity contribution in [1.29, 1.82) is 0 Å². The van der Waals surface area contributed by atoms with Crippen LogP contribution in [0.1, 0.15) is 49.9 Å². The SMILES string of the molecule is CC1(C)c2ccccc2-c2cc(N(c3ccc4c(c3)C(C)(C)c3ccccc3-4)c3cccc4c3sc3cccc(N(c5ccc(-c6ccccc6)cc5)c5ccc(-c6ccccc6)cc5)c34)ccc21. The van der Waals surface area contributed by atoms with Crippen molar-refractivity contribution in [3.63, 3.8) is 0 Å². The molecule has 13 rings (SSSR count). The number of anilines is 6. The highest BCUT2D eigenvalue weighted by atomic mass is 32.1. The predicted molar refractivity (Wildman–Crippen MR) is 295 cm³/mol. The van der Waals surface area contributed by atoms with Crippen LogP contribution in [-0.2, 0) is 10.8 Å². The number of thiophene rings is 1. The first-order valence-corrected chi connectivity index (χ1v) is 24.9. The number of benzene rings is 10. The second-order valence-electron chi connectivity index (χ2n) is 19.7. The predicted octanol–water partition coefficient (Wildman–Crippen LogP) is 18.9. The number of nitrogens with zero attached hydrogens (tertiary/aromatic N) is 2. The molecule has 0 spiro atoms. The lowest BCUT2D eigenvalue weighted by atomic mass is 9.82. The monoisotopic (exact) mass is 902 g/mol. The fourth-order valence-electron chi connectivity index (χ4n) is 11.6. The minimum absolute atomic E-state index is 0.0871. The fraction of sp³-hybridized carbons (Fsp3) is 0.0909. The normalized spacial score (nSPS) is 13.7. The summed E-state index contributed by atoms with van der Waals surface area (Å²) >= 11 is 1.89. The van der Waals surface area contributed by atoms with E-state index in [-0.39, 0.29) is 10.8 Å². The Kier molecular flexibility index (Phi) is 9.44. The minimum Gasteiger partial charge on any atom is -0.310 e. The van der Waals surface area contributed by atoms with E-state index in [1.807, 2.05) is 11.3 Å². The van der Waals surface area contributed by atoms with Crippen LogP contribution < -0.4 is 9.80 Å². The van der Waals surface area contributed by atoms with Crippen LogP contribution in [0.4, 0.5) is 34.1 Å². The molecule has 2 aliphatic rings. The van der Waals surface area contributed by atoms with Gasteiger partial charge in [-0.05, 0) is 133 Å². The first-order valence-electron chi connectivity index (χ1n) is 24.1. The Morgan fingerprint density at radius 1 is 0.319 bits per heavy atom. The van der Waals surface area contributed by atoms with Gasteiger partial charge >= 0.3 is 0 Å². The van der Waals surface area contributed by atoms with Gasteiger partial charge in [0, 0.05) is 49.1 Å². The Bertz CT molecular complexity index is 3690. The Labute approximate surface area is 409 Å². The molecule has 11 aromatic rings. The van der Waals surface area contributed by atoms with Gasteiger partial charge in [-0.15, -0.1) is 11.3 Å². The third kappa shape index (κ3) is 6.52. The van der Waals surface area contributed by atoms with Gasteiger partial charge in [0.05, 0.1) is 16.1 Å². The molecule has 10 aromatic carbocycles. The molecule has 0 amide bonds. The molecule has 0 bridgehead atoms. The standard InChI is InChI=1S/C66H50N2S/c1-65(2)57-25-14-12-22-52(57)55-41-49(38-40-58(55)65)68(50-37-39-53-51-21-11-13-24-56(51)66(3,4)59(53)42-50)61-27-15-23-54-63-60(26-16-28-62(63)69-64(54)61)67(47-33-29-45(30-34-47)43-17-7-5-8-18-43)48-35-31-46(32-36-48)44-19-9-6-10-20-44/h5-42H,1-4H3. The first-order chi connectivity index (χ1) is 33.7. The third-order valence-electron chi connectivity index (χ3n) is 15.1. The van der Waals surface area contributed by atoms with Gasteiger partial charge in [-0.2, -0.15) is 0 Å². The molecule has 3 heteroatoms. The molecule has 1 heterocycles. The summed E-state index contributed by atoms with van der Waals surface area (Å²) in [6.45, 7) is 9.49. The second-order valence-corrected chi connectivity index (χ2v) is 20.8. The van der Waals surface area contributed by atoms with Crippen molar-refractivity contribution < 1.29 is 0 Å². The lowest BCUT2D eigenvalue weighted by Gasteiger charge is -2.29. The molecule has 2 aliphatic carbocycles. The van der Waals surface area contributed by atoms with Gasteiger partial charge in [0.15, 0.2) is 0 Å². The zero-order valence-corrected chi connectivity index (χ0v) is 40.1.